The van der Waals surface area contributed by atoms with Gasteiger partial charge in [-0.25, -0.2) is 4.39 Å². The fourth-order valence-corrected chi connectivity index (χ4v) is 1.92. The van der Waals surface area contributed by atoms with Gasteiger partial charge in [-0.05, 0) is 11.6 Å². The summed E-state index contributed by atoms with van der Waals surface area (Å²) in [6.45, 7) is 0. The van der Waals surface area contributed by atoms with Crippen LogP contribution >= 0.6 is 11.6 Å². The molecule has 1 aromatic rings. The lowest BCUT2D eigenvalue weighted by Gasteiger charge is -2.26. The van der Waals surface area contributed by atoms with Crippen LogP contribution in [0.15, 0.2) is 47.5 Å². The van der Waals surface area contributed by atoms with Crippen molar-refractivity contribution in [1.29, 1.82) is 0 Å². The minimum absolute atomic E-state index is 0.0370. The predicted molar refractivity (Wildman–Crippen MR) is 61.0 cm³/mol. The monoisotopic (exact) mass is 223 g/mol. The third-order valence-electron chi connectivity index (χ3n) is 2.39. The number of halogens is 2. The van der Waals surface area contributed by atoms with Crippen molar-refractivity contribution in [3.05, 3.63) is 53.1 Å². The quantitative estimate of drug-likeness (QED) is 0.727. The molecule has 0 radical (unpaired) electrons. The highest BCUT2D eigenvalue weighted by molar-refractivity contribution is 6.30. The molecular formula is C12H11ClFN. The van der Waals surface area contributed by atoms with Gasteiger partial charge in [-0.15, -0.1) is 0 Å². The number of allylic oxidation sites excluding steroid dienone is 2. The summed E-state index contributed by atoms with van der Waals surface area (Å²) in [6.07, 6.45) is 3.37. The van der Waals surface area contributed by atoms with E-state index in [1.807, 2.05) is 30.3 Å². The summed E-state index contributed by atoms with van der Waals surface area (Å²) in [5, 5.41) is 0.444. The minimum Gasteiger partial charge on any atom is -0.295 e. The molecule has 1 atom stereocenters. The van der Waals surface area contributed by atoms with Crippen LogP contribution in [0.5, 0.6) is 0 Å². The molecule has 1 aliphatic carbocycles. The third kappa shape index (κ3) is 2.11. The number of hydrogen-bond acceptors (Lipinski definition) is 1. The van der Waals surface area contributed by atoms with E-state index in [1.165, 1.54) is 0 Å². The Labute approximate surface area is 93.0 Å². The van der Waals surface area contributed by atoms with Crippen LogP contribution in [-0.4, -0.2) is 5.79 Å². The van der Waals surface area contributed by atoms with Crippen molar-refractivity contribution in [3.63, 3.8) is 0 Å². The summed E-state index contributed by atoms with van der Waals surface area (Å²) >= 11 is 5.75. The van der Waals surface area contributed by atoms with E-state index in [9.17, 15) is 4.39 Å². The van der Waals surface area contributed by atoms with Gasteiger partial charge >= 0.3 is 0 Å². The Morgan fingerprint density at radius 2 is 1.87 bits per heavy atom. The molecule has 15 heavy (non-hydrogen) atoms. The van der Waals surface area contributed by atoms with E-state index in [1.54, 1.807) is 12.2 Å². The molecule has 1 aliphatic rings. The molecule has 0 aromatic heterocycles. The fourth-order valence-electron chi connectivity index (χ4n) is 1.67. The van der Waals surface area contributed by atoms with Crippen LogP contribution in [0.4, 0.5) is 4.39 Å². The summed E-state index contributed by atoms with van der Waals surface area (Å²) < 4.78 is 14.1. The largest absolute Gasteiger partial charge is 0.295 e. The second-order valence-corrected chi connectivity index (χ2v) is 4.08. The van der Waals surface area contributed by atoms with Gasteiger partial charge < -0.3 is 0 Å². The number of rotatable bonds is 1. The first-order valence-electron chi connectivity index (χ1n) is 4.70. The topological polar surface area (TPSA) is 26.0 Å². The Morgan fingerprint density at radius 3 is 2.47 bits per heavy atom. The lowest BCUT2D eigenvalue weighted by molar-refractivity contribution is 0.253. The van der Waals surface area contributed by atoms with Crippen molar-refractivity contribution in [1.82, 2.24) is 0 Å². The van der Waals surface area contributed by atoms with E-state index < -0.39 is 5.79 Å². The van der Waals surface area contributed by atoms with Crippen LogP contribution < -0.4 is 5.73 Å². The van der Waals surface area contributed by atoms with Gasteiger partial charge in [0.2, 0.25) is 0 Å². The molecule has 1 aromatic carbocycles. The first kappa shape index (κ1) is 10.4. The fraction of sp³-hybridized carbons (Fsp3) is 0.167. The van der Waals surface area contributed by atoms with Crippen molar-refractivity contribution in [2.75, 3.05) is 0 Å². The van der Waals surface area contributed by atoms with Crippen LogP contribution in [0.25, 0.3) is 5.57 Å². The normalized spacial score (nSPS) is 25.8. The summed E-state index contributed by atoms with van der Waals surface area (Å²) in [4.78, 5) is 0. The second-order valence-electron chi connectivity index (χ2n) is 3.60. The summed E-state index contributed by atoms with van der Waals surface area (Å²) in [5.74, 6) is -1.87. The van der Waals surface area contributed by atoms with Gasteiger partial charge in [0.05, 0.1) is 0 Å². The Kier molecular flexibility index (Phi) is 2.63. The average molecular weight is 224 g/mol. The highest BCUT2D eigenvalue weighted by Crippen LogP contribution is 2.36. The third-order valence-corrected chi connectivity index (χ3v) is 2.65. The van der Waals surface area contributed by atoms with Gasteiger partial charge in [0.15, 0.2) is 5.79 Å². The zero-order valence-corrected chi connectivity index (χ0v) is 8.84. The zero-order valence-electron chi connectivity index (χ0n) is 8.08. The molecule has 3 heteroatoms. The van der Waals surface area contributed by atoms with Gasteiger partial charge in [-0.1, -0.05) is 48.0 Å². The molecule has 0 spiro atoms. The molecule has 0 saturated heterocycles. The average Bonchev–Trinajstić information content (AvgIpc) is 2.17. The number of hydrogen-bond donors (Lipinski definition) is 1. The molecule has 78 valence electrons. The maximum absolute atomic E-state index is 14.1. The van der Waals surface area contributed by atoms with E-state index >= 15 is 0 Å². The predicted octanol–water partition coefficient (Wildman–Crippen LogP) is 3.22. The van der Waals surface area contributed by atoms with Crippen molar-refractivity contribution < 1.29 is 4.39 Å². The molecule has 1 unspecified atom stereocenters. The highest BCUT2D eigenvalue weighted by atomic mass is 35.5. The van der Waals surface area contributed by atoms with Gasteiger partial charge in [0, 0.05) is 17.0 Å². The maximum Gasteiger partial charge on any atom is 0.190 e. The van der Waals surface area contributed by atoms with Crippen LogP contribution in [0, 0.1) is 0 Å². The molecule has 1 nitrogen and oxygen atoms in total. The first-order chi connectivity index (χ1) is 7.09. The molecule has 2 rings (SSSR count). The van der Waals surface area contributed by atoms with Crippen molar-refractivity contribution in [2.45, 2.75) is 12.2 Å². The SMILES string of the molecule is NC1(F)CC(Cl)=CC=C1c1ccccc1. The van der Waals surface area contributed by atoms with Crippen LogP contribution in [0.3, 0.4) is 0 Å². The molecule has 0 saturated carbocycles. The summed E-state index contributed by atoms with van der Waals surface area (Å²) in [5.41, 5.74) is 6.86. The van der Waals surface area contributed by atoms with E-state index in [4.69, 9.17) is 17.3 Å². The van der Waals surface area contributed by atoms with Crippen LogP contribution in [-0.2, 0) is 0 Å². The van der Waals surface area contributed by atoms with E-state index in [0.29, 0.717) is 10.6 Å². The molecule has 0 bridgehead atoms. The molecule has 0 fully saturated rings. The summed E-state index contributed by atoms with van der Waals surface area (Å²) in [6, 6.07) is 9.25. The van der Waals surface area contributed by atoms with Crippen LogP contribution in [0.2, 0.25) is 0 Å². The molecule has 2 N–H and O–H groups in total. The maximum atomic E-state index is 14.1. The highest BCUT2D eigenvalue weighted by Gasteiger charge is 2.32. The minimum atomic E-state index is -1.87. The smallest absolute Gasteiger partial charge is 0.190 e. The standard InChI is InChI=1S/C12H11ClFN/c13-10-6-7-11(12(14,15)8-10)9-4-2-1-3-5-9/h1-7H,8,15H2. The Hall–Kier alpha value is -1.12. The zero-order chi connectivity index (χ0) is 10.9. The first-order valence-corrected chi connectivity index (χ1v) is 5.07. The van der Waals surface area contributed by atoms with Gasteiger partial charge in [-0.3, -0.25) is 5.73 Å². The van der Waals surface area contributed by atoms with Gasteiger partial charge in [-0.2, -0.15) is 0 Å². The Balaban J connectivity index is 2.45. The van der Waals surface area contributed by atoms with E-state index in [2.05, 4.69) is 0 Å². The Morgan fingerprint density at radius 1 is 1.20 bits per heavy atom. The lowest BCUT2D eigenvalue weighted by atomic mass is 9.91. The van der Waals surface area contributed by atoms with Crippen molar-refractivity contribution in [2.24, 2.45) is 5.73 Å². The molecular weight excluding hydrogens is 213 g/mol. The van der Waals surface area contributed by atoms with Crippen molar-refractivity contribution >= 4 is 17.2 Å². The lowest BCUT2D eigenvalue weighted by Crippen LogP contribution is -2.37. The van der Waals surface area contributed by atoms with E-state index in [0.717, 1.165) is 5.56 Å². The van der Waals surface area contributed by atoms with Crippen molar-refractivity contribution in [3.8, 4) is 0 Å². The molecule has 0 aliphatic heterocycles. The van der Waals surface area contributed by atoms with Gasteiger partial charge in [0.25, 0.3) is 0 Å². The van der Waals surface area contributed by atoms with Gasteiger partial charge in [0.1, 0.15) is 0 Å². The number of alkyl halides is 1. The number of benzene rings is 1. The second kappa shape index (κ2) is 3.80. The Bertz CT molecular complexity index is 421. The van der Waals surface area contributed by atoms with E-state index in [-0.39, 0.29) is 6.42 Å². The summed E-state index contributed by atoms with van der Waals surface area (Å²) in [7, 11) is 0. The van der Waals surface area contributed by atoms with Crippen LogP contribution in [0.1, 0.15) is 12.0 Å². The number of nitrogens with two attached hydrogens (primary N) is 1. The molecule has 0 heterocycles. The molecule has 0 amide bonds.